The molecule has 2 fully saturated rings. The number of benzene rings is 2. The van der Waals surface area contributed by atoms with Crippen molar-refractivity contribution in [2.45, 2.75) is 12.5 Å². The van der Waals surface area contributed by atoms with Crippen molar-refractivity contribution in [3.8, 4) is 16.9 Å². The van der Waals surface area contributed by atoms with Crippen LogP contribution < -0.4 is 10.1 Å². The van der Waals surface area contributed by atoms with E-state index in [1.54, 1.807) is 4.90 Å². The Hall–Kier alpha value is -3.35. The fourth-order valence-corrected chi connectivity index (χ4v) is 3.59. The molecule has 0 bridgehead atoms. The van der Waals surface area contributed by atoms with Crippen molar-refractivity contribution < 1.29 is 19.1 Å². The maximum atomic E-state index is 12.4. The van der Waals surface area contributed by atoms with Gasteiger partial charge in [0.1, 0.15) is 5.75 Å². The Morgan fingerprint density at radius 1 is 1.04 bits per heavy atom. The van der Waals surface area contributed by atoms with Crippen LogP contribution in [0.4, 0.5) is 4.79 Å². The number of rotatable bonds is 5. The lowest BCUT2D eigenvalue weighted by molar-refractivity contribution is -0.133. The van der Waals surface area contributed by atoms with E-state index in [4.69, 9.17) is 4.74 Å². The van der Waals surface area contributed by atoms with Gasteiger partial charge >= 0.3 is 6.03 Å². The molecule has 2 aliphatic rings. The first-order chi connectivity index (χ1) is 13.6. The summed E-state index contributed by atoms with van der Waals surface area (Å²) < 4.78 is 5.62. The van der Waals surface area contributed by atoms with Gasteiger partial charge in [0, 0.05) is 13.1 Å². The van der Waals surface area contributed by atoms with E-state index >= 15 is 0 Å². The highest BCUT2D eigenvalue weighted by Crippen LogP contribution is 2.22. The van der Waals surface area contributed by atoms with Gasteiger partial charge in [-0.3, -0.25) is 14.5 Å². The number of hydrogen-bond acceptors (Lipinski definition) is 4. The van der Waals surface area contributed by atoms with Gasteiger partial charge in [-0.25, -0.2) is 4.79 Å². The smallest absolute Gasteiger partial charge is 0.324 e. The zero-order valence-corrected chi connectivity index (χ0v) is 15.3. The van der Waals surface area contributed by atoms with E-state index in [1.165, 1.54) is 4.90 Å². The molecular formula is C21H21N3O4. The van der Waals surface area contributed by atoms with Crippen molar-refractivity contribution in [1.82, 2.24) is 15.1 Å². The highest BCUT2D eigenvalue weighted by Gasteiger charge is 2.39. The topological polar surface area (TPSA) is 79.0 Å². The molecule has 0 saturated carbocycles. The van der Waals surface area contributed by atoms with E-state index in [1.807, 2.05) is 54.6 Å². The van der Waals surface area contributed by atoms with E-state index in [9.17, 15) is 14.4 Å². The monoisotopic (exact) mass is 379 g/mol. The van der Waals surface area contributed by atoms with Crippen molar-refractivity contribution in [1.29, 1.82) is 0 Å². The largest absolute Gasteiger partial charge is 0.484 e. The Bertz CT molecular complexity index is 866. The van der Waals surface area contributed by atoms with E-state index in [-0.39, 0.29) is 37.0 Å². The molecule has 2 aromatic rings. The van der Waals surface area contributed by atoms with E-state index in [0.717, 1.165) is 11.1 Å². The first-order valence-electron chi connectivity index (χ1n) is 9.28. The molecular weight excluding hydrogens is 358 g/mol. The molecule has 0 radical (unpaired) electrons. The van der Waals surface area contributed by atoms with Crippen LogP contribution in [0.5, 0.6) is 5.75 Å². The summed E-state index contributed by atoms with van der Waals surface area (Å²) in [6.45, 7) is 0.827. The van der Waals surface area contributed by atoms with E-state index in [0.29, 0.717) is 25.3 Å². The molecule has 2 aliphatic heterocycles. The molecule has 0 aliphatic carbocycles. The van der Waals surface area contributed by atoms with Crippen molar-refractivity contribution in [2.75, 3.05) is 26.2 Å². The number of carbonyl (C=O) groups is 3. The lowest BCUT2D eigenvalue weighted by atomic mass is 10.1. The van der Waals surface area contributed by atoms with Gasteiger partial charge in [-0.2, -0.15) is 0 Å². The molecule has 2 aromatic carbocycles. The number of likely N-dealkylation sites (tertiary alicyclic amines) is 1. The lowest BCUT2D eigenvalue weighted by Gasteiger charge is -2.21. The average Bonchev–Trinajstić information content (AvgIpc) is 3.33. The number of urea groups is 1. The first kappa shape index (κ1) is 18.0. The first-order valence-corrected chi connectivity index (χ1v) is 9.28. The summed E-state index contributed by atoms with van der Waals surface area (Å²) in [5, 5.41) is 2.51. The summed E-state index contributed by atoms with van der Waals surface area (Å²) in [4.78, 5) is 38.9. The molecule has 0 aromatic heterocycles. The zero-order chi connectivity index (χ0) is 19.5. The second kappa shape index (κ2) is 7.72. The second-order valence-corrected chi connectivity index (χ2v) is 6.88. The molecule has 7 nitrogen and oxygen atoms in total. The number of nitrogens with zero attached hydrogens (tertiary/aromatic N) is 2. The Labute approximate surface area is 162 Å². The Kier molecular flexibility index (Phi) is 4.97. The minimum absolute atomic E-state index is 0.0331. The Balaban J connectivity index is 1.30. The normalized spacial score (nSPS) is 19.1. The van der Waals surface area contributed by atoms with Gasteiger partial charge in [0.25, 0.3) is 5.91 Å². The van der Waals surface area contributed by atoms with Crippen LogP contribution in [-0.4, -0.2) is 59.9 Å². The highest BCUT2D eigenvalue weighted by molar-refractivity contribution is 6.02. The zero-order valence-electron chi connectivity index (χ0n) is 15.3. The SMILES string of the molecule is O=C(COc1ccc(-c2ccccc2)cc1)N1CCC(N2C(=O)CNC2=O)C1. The van der Waals surface area contributed by atoms with Crippen molar-refractivity contribution in [3.63, 3.8) is 0 Å². The molecule has 4 rings (SSSR count). The second-order valence-electron chi connectivity index (χ2n) is 6.88. The maximum Gasteiger partial charge on any atom is 0.324 e. The number of carbonyl (C=O) groups excluding carboxylic acids is 3. The van der Waals surface area contributed by atoms with Gasteiger partial charge in [0.05, 0.1) is 12.6 Å². The van der Waals surface area contributed by atoms with Crippen LogP contribution in [0.2, 0.25) is 0 Å². The summed E-state index contributed by atoms with van der Waals surface area (Å²) in [5.41, 5.74) is 2.20. The molecule has 144 valence electrons. The number of amides is 4. The van der Waals surface area contributed by atoms with E-state index in [2.05, 4.69) is 5.32 Å². The summed E-state index contributed by atoms with van der Waals surface area (Å²) in [6.07, 6.45) is 0.594. The standard InChI is InChI=1S/C21H21N3O4/c25-19-12-22-21(27)24(19)17-10-11-23(13-17)20(26)14-28-18-8-6-16(7-9-18)15-4-2-1-3-5-15/h1-9,17H,10-14H2,(H,22,27). The van der Waals surface area contributed by atoms with Crippen LogP contribution in [0.25, 0.3) is 11.1 Å². The minimum Gasteiger partial charge on any atom is -0.484 e. The number of hydrogen-bond donors (Lipinski definition) is 1. The summed E-state index contributed by atoms with van der Waals surface area (Å²) in [5.74, 6) is 0.235. The van der Waals surface area contributed by atoms with Crippen LogP contribution in [-0.2, 0) is 9.59 Å². The number of imide groups is 1. The van der Waals surface area contributed by atoms with Crippen LogP contribution in [0.1, 0.15) is 6.42 Å². The van der Waals surface area contributed by atoms with Crippen molar-refractivity contribution >= 4 is 17.8 Å². The highest BCUT2D eigenvalue weighted by atomic mass is 16.5. The molecule has 1 N–H and O–H groups in total. The molecule has 0 spiro atoms. The minimum atomic E-state index is -0.376. The Morgan fingerprint density at radius 3 is 2.43 bits per heavy atom. The fourth-order valence-electron chi connectivity index (χ4n) is 3.59. The van der Waals surface area contributed by atoms with Crippen molar-refractivity contribution in [2.24, 2.45) is 0 Å². The van der Waals surface area contributed by atoms with E-state index < -0.39 is 0 Å². The third-order valence-electron chi connectivity index (χ3n) is 5.08. The molecule has 1 atom stereocenters. The summed E-state index contributed by atoms with van der Waals surface area (Å²) in [7, 11) is 0. The van der Waals surface area contributed by atoms with Crippen LogP contribution in [0, 0.1) is 0 Å². The van der Waals surface area contributed by atoms with Crippen molar-refractivity contribution in [3.05, 3.63) is 54.6 Å². The predicted molar refractivity (Wildman–Crippen MR) is 103 cm³/mol. The average molecular weight is 379 g/mol. The maximum absolute atomic E-state index is 12.4. The molecule has 4 amide bonds. The van der Waals surface area contributed by atoms with Gasteiger partial charge in [0.2, 0.25) is 5.91 Å². The summed E-state index contributed by atoms with van der Waals surface area (Å²) >= 11 is 0. The van der Waals surface area contributed by atoms with Gasteiger partial charge in [-0.1, -0.05) is 42.5 Å². The lowest BCUT2D eigenvalue weighted by Crippen LogP contribution is -2.43. The van der Waals surface area contributed by atoms with Crippen LogP contribution >= 0.6 is 0 Å². The van der Waals surface area contributed by atoms with Gasteiger partial charge in [-0.05, 0) is 29.7 Å². The molecule has 2 saturated heterocycles. The number of nitrogens with one attached hydrogen (secondary N) is 1. The van der Waals surface area contributed by atoms with Crippen LogP contribution in [0.15, 0.2) is 54.6 Å². The van der Waals surface area contributed by atoms with Gasteiger partial charge in [0.15, 0.2) is 6.61 Å². The van der Waals surface area contributed by atoms with Crippen LogP contribution in [0.3, 0.4) is 0 Å². The van der Waals surface area contributed by atoms with Gasteiger partial charge < -0.3 is 15.0 Å². The molecule has 2 heterocycles. The molecule has 28 heavy (non-hydrogen) atoms. The fraction of sp³-hybridized carbons (Fsp3) is 0.286. The van der Waals surface area contributed by atoms with Gasteiger partial charge in [-0.15, -0.1) is 0 Å². The third-order valence-corrected chi connectivity index (χ3v) is 5.08. The molecule has 7 heteroatoms. The Morgan fingerprint density at radius 2 is 1.75 bits per heavy atom. The summed E-state index contributed by atoms with van der Waals surface area (Å²) in [6, 6.07) is 17.0. The predicted octanol–water partition coefficient (Wildman–Crippen LogP) is 1.89. The third kappa shape index (κ3) is 3.69. The number of ether oxygens (including phenoxy) is 1. The molecule has 1 unspecified atom stereocenters. The quantitative estimate of drug-likeness (QED) is 0.805.